The zero-order chi connectivity index (χ0) is 17.0. The van der Waals surface area contributed by atoms with Crippen LogP contribution in [0.2, 0.25) is 5.02 Å². The van der Waals surface area contributed by atoms with Gasteiger partial charge in [-0.1, -0.05) is 17.7 Å². The number of benzene rings is 1. The number of aryl methyl sites for hydroxylation is 3. The number of hydrazine groups is 1. The molecule has 3 N–H and O–H groups in total. The minimum Gasteiger partial charge on any atom is -0.331 e. The van der Waals surface area contributed by atoms with Crippen molar-refractivity contribution in [1.29, 1.82) is 0 Å². The first kappa shape index (κ1) is 17.2. The van der Waals surface area contributed by atoms with Crippen molar-refractivity contribution in [1.82, 2.24) is 20.6 Å². The van der Waals surface area contributed by atoms with Gasteiger partial charge in [-0.3, -0.25) is 20.3 Å². The minimum atomic E-state index is -0.248. The Balaban J connectivity index is 1.82. The van der Waals surface area contributed by atoms with Crippen LogP contribution >= 0.6 is 23.8 Å². The number of carbonyl (C=O) groups excluding carboxylic acids is 1. The number of anilines is 1. The summed E-state index contributed by atoms with van der Waals surface area (Å²) in [4.78, 5) is 11.9. The minimum absolute atomic E-state index is 0.117. The van der Waals surface area contributed by atoms with Gasteiger partial charge in [0, 0.05) is 16.4 Å². The smallest absolute Gasteiger partial charge is 0.260 e. The second kappa shape index (κ2) is 7.43. The molecule has 1 amide bonds. The molecule has 0 fully saturated rings. The Morgan fingerprint density at radius 2 is 2.00 bits per heavy atom. The van der Waals surface area contributed by atoms with Crippen molar-refractivity contribution < 1.29 is 4.79 Å². The molecule has 1 aromatic carbocycles. The van der Waals surface area contributed by atoms with E-state index in [0.717, 1.165) is 22.6 Å². The van der Waals surface area contributed by atoms with E-state index in [9.17, 15) is 4.79 Å². The molecule has 0 aliphatic heterocycles. The average Bonchev–Trinajstić information content (AvgIpc) is 2.79. The molecule has 0 aliphatic carbocycles. The second-order valence-electron chi connectivity index (χ2n) is 5.18. The van der Waals surface area contributed by atoms with Crippen LogP contribution in [0.15, 0.2) is 24.3 Å². The van der Waals surface area contributed by atoms with Crippen LogP contribution in [0.5, 0.6) is 0 Å². The average molecular weight is 352 g/mol. The van der Waals surface area contributed by atoms with E-state index < -0.39 is 0 Å². The third-order valence-corrected chi connectivity index (χ3v) is 3.75. The van der Waals surface area contributed by atoms with Gasteiger partial charge in [0.1, 0.15) is 6.54 Å². The molecule has 1 aromatic heterocycles. The lowest BCUT2D eigenvalue weighted by molar-refractivity contribution is -0.122. The fourth-order valence-corrected chi connectivity index (χ4v) is 2.32. The molecule has 6 nitrogen and oxygen atoms in total. The van der Waals surface area contributed by atoms with Gasteiger partial charge in [0.25, 0.3) is 5.91 Å². The summed E-state index contributed by atoms with van der Waals surface area (Å²) in [6.07, 6.45) is 0. The van der Waals surface area contributed by atoms with Gasteiger partial charge in [-0.15, -0.1) is 0 Å². The Morgan fingerprint density at radius 3 is 2.61 bits per heavy atom. The lowest BCUT2D eigenvalue weighted by Crippen LogP contribution is -2.45. The second-order valence-corrected chi connectivity index (χ2v) is 5.99. The highest BCUT2D eigenvalue weighted by Crippen LogP contribution is 2.19. The number of thiocarbonyl (C=S) groups is 1. The number of hydrogen-bond donors (Lipinski definition) is 3. The molecule has 8 heteroatoms. The standard InChI is InChI=1S/C15H18ClN5OS/c1-9-4-5-12(7-13(9)16)17-15(23)19-18-14(22)8-21-11(3)6-10(2)20-21/h4-7H,8H2,1-3H3,(H,18,22)(H2,17,19,23). The van der Waals surface area contributed by atoms with E-state index in [1.165, 1.54) is 0 Å². The monoisotopic (exact) mass is 351 g/mol. The summed E-state index contributed by atoms with van der Waals surface area (Å²) in [7, 11) is 0. The van der Waals surface area contributed by atoms with Crippen LogP contribution in [0.1, 0.15) is 17.0 Å². The van der Waals surface area contributed by atoms with Gasteiger partial charge in [-0.25, -0.2) is 0 Å². The van der Waals surface area contributed by atoms with Crippen molar-refractivity contribution in [3.8, 4) is 0 Å². The van der Waals surface area contributed by atoms with Crippen LogP contribution in [-0.4, -0.2) is 20.8 Å². The third kappa shape index (κ3) is 4.94. The topological polar surface area (TPSA) is 71.0 Å². The molecule has 1 heterocycles. The largest absolute Gasteiger partial charge is 0.331 e. The molecule has 0 atom stereocenters. The van der Waals surface area contributed by atoms with E-state index >= 15 is 0 Å². The predicted molar refractivity (Wildman–Crippen MR) is 95.4 cm³/mol. The maximum atomic E-state index is 11.9. The van der Waals surface area contributed by atoms with Crippen molar-refractivity contribution in [3.05, 3.63) is 46.2 Å². The Labute approximate surface area is 145 Å². The Kier molecular flexibility index (Phi) is 5.57. The van der Waals surface area contributed by atoms with E-state index in [4.69, 9.17) is 23.8 Å². The van der Waals surface area contributed by atoms with E-state index in [1.807, 2.05) is 39.0 Å². The highest BCUT2D eigenvalue weighted by atomic mass is 35.5. The highest BCUT2D eigenvalue weighted by Gasteiger charge is 2.07. The maximum Gasteiger partial charge on any atom is 0.260 e. The number of rotatable bonds is 3. The van der Waals surface area contributed by atoms with Crippen LogP contribution in [0.4, 0.5) is 5.69 Å². The van der Waals surface area contributed by atoms with Gasteiger partial charge in [-0.2, -0.15) is 5.10 Å². The molecule has 2 rings (SSSR count). The normalized spacial score (nSPS) is 10.3. The lowest BCUT2D eigenvalue weighted by atomic mass is 10.2. The summed E-state index contributed by atoms with van der Waals surface area (Å²) >= 11 is 11.2. The van der Waals surface area contributed by atoms with Crippen LogP contribution in [0, 0.1) is 20.8 Å². The summed E-state index contributed by atoms with van der Waals surface area (Å²) < 4.78 is 1.63. The van der Waals surface area contributed by atoms with Crippen LogP contribution in [0.3, 0.4) is 0 Å². The molecule has 0 spiro atoms. The zero-order valence-electron chi connectivity index (χ0n) is 13.1. The number of amides is 1. The van der Waals surface area contributed by atoms with Crippen LogP contribution in [-0.2, 0) is 11.3 Å². The molecule has 23 heavy (non-hydrogen) atoms. The van der Waals surface area contributed by atoms with Crippen molar-refractivity contribution in [3.63, 3.8) is 0 Å². The van der Waals surface area contributed by atoms with Gasteiger partial charge in [0.05, 0.1) is 5.69 Å². The number of hydrogen-bond acceptors (Lipinski definition) is 3. The number of carbonyl (C=O) groups is 1. The molecular formula is C15H18ClN5OS. The van der Waals surface area contributed by atoms with E-state index in [-0.39, 0.29) is 17.6 Å². The Hall–Kier alpha value is -2.12. The number of nitrogens with one attached hydrogen (secondary N) is 3. The highest BCUT2D eigenvalue weighted by molar-refractivity contribution is 7.80. The number of halogens is 1. The van der Waals surface area contributed by atoms with Crippen molar-refractivity contribution in [2.45, 2.75) is 27.3 Å². The fourth-order valence-electron chi connectivity index (χ4n) is 1.97. The van der Waals surface area contributed by atoms with Gasteiger partial charge in [-0.05, 0) is 56.8 Å². The van der Waals surface area contributed by atoms with Crippen molar-refractivity contribution in [2.75, 3.05) is 5.32 Å². The predicted octanol–water partition coefficient (Wildman–Crippen LogP) is 2.48. The molecule has 2 aromatic rings. The van der Waals surface area contributed by atoms with Crippen molar-refractivity contribution >= 4 is 40.5 Å². The Bertz CT molecular complexity index is 743. The van der Waals surface area contributed by atoms with Crippen LogP contribution in [0.25, 0.3) is 0 Å². The summed E-state index contributed by atoms with van der Waals surface area (Å²) in [5.74, 6) is -0.248. The molecule has 0 bridgehead atoms. The number of aromatic nitrogens is 2. The van der Waals surface area contributed by atoms with E-state index in [1.54, 1.807) is 10.7 Å². The zero-order valence-corrected chi connectivity index (χ0v) is 14.7. The molecule has 122 valence electrons. The Morgan fingerprint density at radius 1 is 1.26 bits per heavy atom. The number of nitrogens with zero attached hydrogens (tertiary/aromatic N) is 2. The SMILES string of the molecule is Cc1cc(C)n(CC(=O)NNC(=S)Nc2ccc(C)c(Cl)c2)n1. The van der Waals surface area contributed by atoms with Gasteiger partial charge in [0.15, 0.2) is 5.11 Å². The molecule has 0 aliphatic rings. The summed E-state index contributed by atoms with van der Waals surface area (Å²) in [5, 5.41) is 8.09. The van der Waals surface area contributed by atoms with Gasteiger partial charge >= 0.3 is 0 Å². The maximum absolute atomic E-state index is 11.9. The van der Waals surface area contributed by atoms with Crippen LogP contribution < -0.4 is 16.2 Å². The van der Waals surface area contributed by atoms with Crippen molar-refractivity contribution in [2.24, 2.45) is 0 Å². The molecule has 0 saturated heterocycles. The first-order valence-electron chi connectivity index (χ1n) is 6.98. The van der Waals surface area contributed by atoms with Gasteiger partial charge < -0.3 is 5.32 Å². The molecule has 0 radical (unpaired) electrons. The summed E-state index contributed by atoms with van der Waals surface area (Å²) in [6, 6.07) is 7.41. The molecule has 0 saturated carbocycles. The third-order valence-electron chi connectivity index (χ3n) is 3.14. The first-order valence-corrected chi connectivity index (χ1v) is 7.77. The van der Waals surface area contributed by atoms with E-state index in [2.05, 4.69) is 21.3 Å². The quantitative estimate of drug-likeness (QED) is 0.585. The van der Waals surface area contributed by atoms with E-state index in [0.29, 0.717) is 5.02 Å². The summed E-state index contributed by atoms with van der Waals surface area (Å²) in [6.45, 7) is 5.81. The molecule has 0 unspecified atom stereocenters. The fraction of sp³-hybridized carbons (Fsp3) is 0.267. The first-order chi connectivity index (χ1) is 10.8. The lowest BCUT2D eigenvalue weighted by Gasteiger charge is -2.12. The van der Waals surface area contributed by atoms with Gasteiger partial charge in [0.2, 0.25) is 0 Å². The molecular weight excluding hydrogens is 334 g/mol. The summed E-state index contributed by atoms with van der Waals surface area (Å²) in [5.41, 5.74) is 8.69.